The molecule has 2 heterocycles. The summed E-state index contributed by atoms with van der Waals surface area (Å²) < 4.78 is 13.8. The lowest BCUT2D eigenvalue weighted by Gasteiger charge is -2.36. The molecule has 3 unspecified atom stereocenters. The third kappa shape index (κ3) is 4.29. The molecule has 2 aliphatic rings. The van der Waals surface area contributed by atoms with Gasteiger partial charge in [0.15, 0.2) is 0 Å². The highest BCUT2D eigenvalue weighted by atomic mass is 19.1. The molecular formula is C18H27FN4O2. The molecule has 0 aromatic heterocycles. The molecule has 3 rings (SSSR count). The van der Waals surface area contributed by atoms with Crippen LogP contribution in [0.15, 0.2) is 18.2 Å². The normalized spacial score (nSPS) is 25.8. The van der Waals surface area contributed by atoms with Crippen molar-refractivity contribution in [2.45, 2.75) is 31.5 Å². The summed E-state index contributed by atoms with van der Waals surface area (Å²) in [6.07, 6.45) is -0.0753. The fraction of sp³-hybridized carbons (Fsp3) is 0.611. The minimum Gasteiger partial charge on any atom is -0.392 e. The van der Waals surface area contributed by atoms with Gasteiger partial charge in [0.25, 0.3) is 0 Å². The summed E-state index contributed by atoms with van der Waals surface area (Å²) >= 11 is 0. The maximum atomic E-state index is 13.8. The quantitative estimate of drug-likeness (QED) is 0.737. The van der Waals surface area contributed by atoms with Gasteiger partial charge in [-0.1, -0.05) is 0 Å². The molecule has 0 aliphatic carbocycles. The third-order valence-electron chi connectivity index (χ3n) is 5.08. The van der Waals surface area contributed by atoms with E-state index >= 15 is 0 Å². The minimum absolute atomic E-state index is 0.155. The first-order valence-electron chi connectivity index (χ1n) is 8.89. The molecule has 7 heteroatoms. The second kappa shape index (κ2) is 7.68. The number of hydrogen-bond donors (Lipinski definition) is 3. The van der Waals surface area contributed by atoms with Gasteiger partial charge in [-0.2, -0.15) is 0 Å². The molecule has 6 nitrogen and oxygen atoms in total. The number of halogens is 1. The maximum absolute atomic E-state index is 13.8. The number of amides is 1. The van der Waals surface area contributed by atoms with Crippen molar-refractivity contribution < 1.29 is 14.3 Å². The van der Waals surface area contributed by atoms with Crippen LogP contribution in [-0.2, 0) is 4.79 Å². The molecule has 3 N–H and O–H groups in total. The Morgan fingerprint density at radius 1 is 1.36 bits per heavy atom. The van der Waals surface area contributed by atoms with E-state index < -0.39 is 12.1 Å². The topological polar surface area (TPSA) is 67.8 Å². The molecule has 1 amide bonds. The Balaban J connectivity index is 1.73. The van der Waals surface area contributed by atoms with Crippen molar-refractivity contribution >= 4 is 11.6 Å². The van der Waals surface area contributed by atoms with E-state index in [2.05, 4.69) is 27.5 Å². The molecule has 2 fully saturated rings. The van der Waals surface area contributed by atoms with Crippen LogP contribution in [0.25, 0.3) is 0 Å². The molecule has 0 saturated carbocycles. The summed E-state index contributed by atoms with van der Waals surface area (Å²) in [6, 6.07) is 4.09. The number of carbonyl (C=O) groups excluding carboxylic acids is 1. The first-order valence-corrected chi connectivity index (χ1v) is 8.89. The third-order valence-corrected chi connectivity index (χ3v) is 5.08. The van der Waals surface area contributed by atoms with E-state index in [1.54, 1.807) is 6.07 Å². The molecule has 25 heavy (non-hydrogen) atoms. The van der Waals surface area contributed by atoms with Crippen molar-refractivity contribution in [3.05, 3.63) is 29.6 Å². The number of piperazine rings is 1. The number of nitrogens with zero attached hydrogens (tertiary/aromatic N) is 2. The van der Waals surface area contributed by atoms with Gasteiger partial charge >= 0.3 is 0 Å². The van der Waals surface area contributed by atoms with Crippen molar-refractivity contribution in [1.29, 1.82) is 0 Å². The molecule has 2 aliphatic heterocycles. The zero-order valence-corrected chi connectivity index (χ0v) is 14.8. The van der Waals surface area contributed by atoms with Gasteiger partial charge in [0.05, 0.1) is 18.2 Å². The van der Waals surface area contributed by atoms with Gasteiger partial charge in [-0.05, 0) is 38.6 Å². The van der Waals surface area contributed by atoms with Crippen LogP contribution < -0.4 is 15.5 Å². The van der Waals surface area contributed by atoms with Gasteiger partial charge in [0, 0.05) is 44.0 Å². The Kier molecular flexibility index (Phi) is 5.56. The molecule has 3 atom stereocenters. The Morgan fingerprint density at radius 2 is 2.08 bits per heavy atom. The highest BCUT2D eigenvalue weighted by Gasteiger charge is 2.29. The van der Waals surface area contributed by atoms with Crippen LogP contribution in [-0.4, -0.2) is 67.8 Å². The molecule has 1 aromatic rings. The summed E-state index contributed by atoms with van der Waals surface area (Å²) in [4.78, 5) is 16.9. The standard InChI is InChI=1S/C18H27FN4O2/c1-12(21-18(25)16-10-14(24)11-20-16)15-9-13(19)3-4-17(15)23-7-5-22(2)6-8-23/h3-4,9,12,14,16,20,24H,5-8,10-11H2,1-2H3,(H,21,25). The molecule has 2 saturated heterocycles. The fourth-order valence-electron chi connectivity index (χ4n) is 3.52. The number of hydrogen-bond acceptors (Lipinski definition) is 5. The van der Waals surface area contributed by atoms with Crippen molar-refractivity contribution in [2.75, 3.05) is 44.7 Å². The van der Waals surface area contributed by atoms with Gasteiger partial charge in [-0.15, -0.1) is 0 Å². The second-order valence-corrected chi connectivity index (χ2v) is 7.07. The number of β-amino-alcohol motifs (C(OH)–C–C–N with tert-alkyl or cyclic N) is 1. The molecule has 138 valence electrons. The van der Waals surface area contributed by atoms with Crippen LogP contribution in [0.1, 0.15) is 24.9 Å². The smallest absolute Gasteiger partial charge is 0.237 e. The van der Waals surface area contributed by atoms with Gasteiger partial charge in [-0.3, -0.25) is 4.79 Å². The average molecular weight is 350 g/mol. The molecule has 0 bridgehead atoms. The molecule has 1 aromatic carbocycles. The van der Waals surface area contributed by atoms with Crippen molar-refractivity contribution in [1.82, 2.24) is 15.5 Å². The van der Waals surface area contributed by atoms with Crippen LogP contribution in [0, 0.1) is 5.82 Å². The first-order chi connectivity index (χ1) is 11.9. The maximum Gasteiger partial charge on any atom is 0.237 e. The van der Waals surface area contributed by atoms with E-state index in [0.717, 1.165) is 37.4 Å². The zero-order chi connectivity index (χ0) is 18.0. The number of nitrogens with one attached hydrogen (secondary N) is 2. The van der Waals surface area contributed by atoms with Crippen molar-refractivity contribution in [3.63, 3.8) is 0 Å². The van der Waals surface area contributed by atoms with E-state index in [9.17, 15) is 14.3 Å². The van der Waals surface area contributed by atoms with E-state index in [4.69, 9.17) is 0 Å². The number of aliphatic hydroxyl groups excluding tert-OH is 1. The SMILES string of the molecule is CC(NC(=O)C1CC(O)CN1)c1cc(F)ccc1N1CCN(C)CC1. The Labute approximate surface area is 148 Å². The summed E-state index contributed by atoms with van der Waals surface area (Å²) in [5.74, 6) is -0.457. The van der Waals surface area contributed by atoms with Gasteiger partial charge in [-0.25, -0.2) is 4.39 Å². The van der Waals surface area contributed by atoms with Crippen molar-refractivity contribution in [3.8, 4) is 0 Å². The summed E-state index contributed by atoms with van der Waals surface area (Å²) in [7, 11) is 2.09. The summed E-state index contributed by atoms with van der Waals surface area (Å²) in [5.41, 5.74) is 1.76. The van der Waals surface area contributed by atoms with Crippen molar-refractivity contribution in [2.24, 2.45) is 0 Å². The van der Waals surface area contributed by atoms with Gasteiger partial charge < -0.3 is 25.5 Å². The lowest BCUT2D eigenvalue weighted by Crippen LogP contribution is -2.45. The fourth-order valence-corrected chi connectivity index (χ4v) is 3.52. The molecule has 0 spiro atoms. The Bertz CT molecular complexity index is 619. The average Bonchev–Trinajstić information content (AvgIpc) is 3.02. The van der Waals surface area contributed by atoms with Crippen LogP contribution in [0.2, 0.25) is 0 Å². The molecular weight excluding hydrogens is 323 g/mol. The van der Waals surface area contributed by atoms with Crippen LogP contribution >= 0.6 is 0 Å². The lowest BCUT2D eigenvalue weighted by atomic mass is 10.0. The Hall–Kier alpha value is -1.70. The first kappa shape index (κ1) is 18.1. The van der Waals surface area contributed by atoms with Crippen LogP contribution in [0.4, 0.5) is 10.1 Å². The largest absolute Gasteiger partial charge is 0.392 e. The van der Waals surface area contributed by atoms with E-state index in [-0.39, 0.29) is 17.8 Å². The lowest BCUT2D eigenvalue weighted by molar-refractivity contribution is -0.123. The number of aliphatic hydroxyl groups is 1. The predicted octanol–water partition coefficient (Wildman–Crippen LogP) is 0.478. The number of likely N-dealkylation sites (N-methyl/N-ethyl adjacent to an activating group) is 1. The highest BCUT2D eigenvalue weighted by molar-refractivity contribution is 5.82. The van der Waals surface area contributed by atoms with Crippen LogP contribution in [0.5, 0.6) is 0 Å². The minimum atomic E-state index is -0.485. The molecule has 0 radical (unpaired) electrons. The Morgan fingerprint density at radius 3 is 2.72 bits per heavy atom. The number of benzene rings is 1. The second-order valence-electron chi connectivity index (χ2n) is 7.07. The number of carbonyl (C=O) groups is 1. The van der Waals surface area contributed by atoms with Gasteiger partial charge in [0.1, 0.15) is 5.82 Å². The highest BCUT2D eigenvalue weighted by Crippen LogP contribution is 2.28. The van der Waals surface area contributed by atoms with Gasteiger partial charge in [0.2, 0.25) is 5.91 Å². The van der Waals surface area contributed by atoms with E-state index in [1.165, 1.54) is 12.1 Å². The summed E-state index contributed by atoms with van der Waals surface area (Å²) in [6.45, 7) is 5.98. The predicted molar refractivity (Wildman–Crippen MR) is 95.1 cm³/mol. The monoisotopic (exact) mass is 350 g/mol. The number of rotatable bonds is 4. The zero-order valence-electron chi connectivity index (χ0n) is 14.8. The van der Waals surface area contributed by atoms with Crippen LogP contribution in [0.3, 0.4) is 0 Å². The van der Waals surface area contributed by atoms with E-state index in [1.807, 2.05) is 6.92 Å². The summed E-state index contributed by atoms with van der Waals surface area (Å²) in [5, 5.41) is 15.5. The van der Waals surface area contributed by atoms with E-state index in [0.29, 0.717) is 13.0 Å². The number of anilines is 1.